The Labute approximate surface area is 193 Å². The number of benzene rings is 1. The lowest BCUT2D eigenvalue weighted by Crippen LogP contribution is -2.28. The monoisotopic (exact) mass is 526 g/mol. The summed E-state index contributed by atoms with van der Waals surface area (Å²) in [7, 11) is 3.25. The summed E-state index contributed by atoms with van der Waals surface area (Å²) in [5.74, 6) is -0.551. The van der Waals surface area contributed by atoms with E-state index in [1.807, 2.05) is 0 Å². The van der Waals surface area contributed by atoms with Crippen LogP contribution in [0.3, 0.4) is 0 Å². The Kier molecular flexibility index (Phi) is 5.72. The van der Waals surface area contributed by atoms with Crippen LogP contribution in [0.2, 0.25) is 5.02 Å². The first-order valence-electron chi connectivity index (χ1n) is 9.20. The first-order valence-corrected chi connectivity index (χ1v) is 10.4. The van der Waals surface area contributed by atoms with Gasteiger partial charge in [-0.3, -0.25) is 9.48 Å². The van der Waals surface area contributed by atoms with Gasteiger partial charge in [-0.15, -0.1) is 0 Å². The van der Waals surface area contributed by atoms with Gasteiger partial charge in [-0.05, 0) is 34.1 Å². The maximum atomic E-state index is 13.8. The van der Waals surface area contributed by atoms with Crippen LogP contribution in [0.5, 0.6) is 0 Å². The van der Waals surface area contributed by atoms with E-state index < -0.39 is 17.8 Å². The van der Waals surface area contributed by atoms with Gasteiger partial charge in [-0.2, -0.15) is 23.4 Å². The Hall–Kier alpha value is -2.92. The van der Waals surface area contributed by atoms with Crippen molar-refractivity contribution in [1.82, 2.24) is 29.3 Å². The average Bonchev–Trinajstić information content (AvgIpc) is 3.30. The molecular weight excluding hydrogens is 513 g/mol. The molecule has 0 atom stereocenters. The molecule has 0 unspecified atom stereocenters. The highest BCUT2D eigenvalue weighted by molar-refractivity contribution is 9.10. The molecular formula is C20H15BrClF3N6O. The zero-order valence-electron chi connectivity index (χ0n) is 16.7. The molecule has 0 bridgehead atoms. The zero-order valence-corrected chi connectivity index (χ0v) is 19.1. The average molecular weight is 528 g/mol. The van der Waals surface area contributed by atoms with Gasteiger partial charge in [0, 0.05) is 30.7 Å². The number of carbonyl (C=O) groups excluding carboxylic acids is 1. The highest BCUT2D eigenvalue weighted by Gasteiger charge is 2.36. The molecule has 0 aliphatic heterocycles. The van der Waals surface area contributed by atoms with Crippen molar-refractivity contribution in [2.45, 2.75) is 12.7 Å². The summed E-state index contributed by atoms with van der Waals surface area (Å²) in [4.78, 5) is 18.5. The second kappa shape index (κ2) is 8.21. The lowest BCUT2D eigenvalue weighted by atomic mass is 10.1. The molecule has 4 rings (SSSR count). The van der Waals surface area contributed by atoms with Crippen LogP contribution in [-0.2, 0) is 19.8 Å². The molecule has 1 amide bonds. The first-order chi connectivity index (χ1) is 15.0. The van der Waals surface area contributed by atoms with Gasteiger partial charge in [-0.25, -0.2) is 9.50 Å². The summed E-state index contributed by atoms with van der Waals surface area (Å²) in [5, 5.41) is 8.45. The Morgan fingerprint density at radius 2 is 1.91 bits per heavy atom. The minimum Gasteiger partial charge on any atom is -0.334 e. The summed E-state index contributed by atoms with van der Waals surface area (Å²) in [6.07, 6.45) is -3.11. The van der Waals surface area contributed by atoms with Crippen molar-refractivity contribution in [1.29, 1.82) is 0 Å². The second-order valence-corrected chi connectivity index (χ2v) is 8.35. The molecule has 7 nitrogen and oxygen atoms in total. The number of nitrogens with zero attached hydrogens (tertiary/aromatic N) is 6. The Balaban J connectivity index is 1.75. The zero-order chi connectivity index (χ0) is 23.2. The van der Waals surface area contributed by atoms with Crippen LogP contribution < -0.4 is 0 Å². The van der Waals surface area contributed by atoms with Gasteiger partial charge in [-0.1, -0.05) is 23.7 Å². The number of hydrogen-bond acceptors (Lipinski definition) is 4. The van der Waals surface area contributed by atoms with Gasteiger partial charge in [0.05, 0.1) is 28.6 Å². The fourth-order valence-electron chi connectivity index (χ4n) is 3.16. The third kappa shape index (κ3) is 4.22. The van der Waals surface area contributed by atoms with Crippen molar-refractivity contribution in [3.8, 4) is 11.3 Å². The van der Waals surface area contributed by atoms with Crippen molar-refractivity contribution in [2.24, 2.45) is 7.05 Å². The van der Waals surface area contributed by atoms with Crippen LogP contribution in [0, 0.1) is 0 Å². The van der Waals surface area contributed by atoms with Gasteiger partial charge >= 0.3 is 6.18 Å². The minimum absolute atomic E-state index is 0.0903. The molecule has 0 fully saturated rings. The summed E-state index contributed by atoms with van der Waals surface area (Å²) in [5.41, 5.74) is -0.0187. The van der Waals surface area contributed by atoms with Crippen LogP contribution in [0.15, 0.2) is 47.1 Å². The number of carbonyl (C=O) groups is 1. The Bertz CT molecular complexity index is 1300. The third-order valence-electron chi connectivity index (χ3n) is 4.82. The van der Waals surface area contributed by atoms with Crippen molar-refractivity contribution in [3.63, 3.8) is 0 Å². The van der Waals surface area contributed by atoms with E-state index in [9.17, 15) is 18.0 Å². The molecule has 0 aliphatic carbocycles. The number of aryl methyl sites for hydroxylation is 1. The van der Waals surface area contributed by atoms with Crippen LogP contribution in [-0.4, -0.2) is 42.2 Å². The molecule has 3 aromatic heterocycles. The molecule has 32 heavy (non-hydrogen) atoms. The van der Waals surface area contributed by atoms with Crippen molar-refractivity contribution in [2.75, 3.05) is 7.05 Å². The van der Waals surface area contributed by atoms with E-state index in [1.165, 1.54) is 18.0 Å². The largest absolute Gasteiger partial charge is 0.433 e. The van der Waals surface area contributed by atoms with Gasteiger partial charge in [0.1, 0.15) is 0 Å². The molecule has 0 spiro atoms. The second-order valence-electron chi connectivity index (χ2n) is 7.05. The maximum Gasteiger partial charge on any atom is 0.433 e. The van der Waals surface area contributed by atoms with Crippen LogP contribution in [0.25, 0.3) is 16.9 Å². The van der Waals surface area contributed by atoms with E-state index in [0.29, 0.717) is 19.6 Å². The molecule has 12 heteroatoms. The molecule has 3 heterocycles. The molecule has 1 aromatic carbocycles. The predicted molar refractivity (Wildman–Crippen MR) is 115 cm³/mol. The van der Waals surface area contributed by atoms with E-state index in [1.54, 1.807) is 42.2 Å². The van der Waals surface area contributed by atoms with Crippen molar-refractivity contribution in [3.05, 3.63) is 69.2 Å². The smallest absolute Gasteiger partial charge is 0.334 e. The van der Waals surface area contributed by atoms with E-state index in [-0.39, 0.29) is 23.6 Å². The lowest BCUT2D eigenvalue weighted by Gasteiger charge is -2.16. The fourth-order valence-corrected chi connectivity index (χ4v) is 3.75. The quantitative estimate of drug-likeness (QED) is 0.381. The van der Waals surface area contributed by atoms with E-state index in [4.69, 9.17) is 11.6 Å². The molecule has 166 valence electrons. The van der Waals surface area contributed by atoms with Crippen molar-refractivity contribution < 1.29 is 18.0 Å². The van der Waals surface area contributed by atoms with Crippen LogP contribution in [0.1, 0.15) is 21.9 Å². The summed E-state index contributed by atoms with van der Waals surface area (Å²) in [6.45, 7) is 0.180. The number of fused-ring (bicyclic) bond motifs is 1. The van der Waals surface area contributed by atoms with Gasteiger partial charge in [0.15, 0.2) is 17.0 Å². The highest BCUT2D eigenvalue weighted by Crippen LogP contribution is 2.32. The van der Waals surface area contributed by atoms with Crippen LogP contribution >= 0.6 is 27.5 Å². The lowest BCUT2D eigenvalue weighted by molar-refractivity contribution is -0.142. The van der Waals surface area contributed by atoms with E-state index in [0.717, 1.165) is 11.8 Å². The van der Waals surface area contributed by atoms with Crippen molar-refractivity contribution >= 4 is 39.1 Å². The molecule has 0 saturated heterocycles. The van der Waals surface area contributed by atoms with E-state index in [2.05, 4.69) is 31.1 Å². The standard InChI is InChI=1S/C20H15BrClF3N6O/c1-29(10-16-13(21)9-26-30(16)2)19(32)15-8-18-27-14(11-3-5-12(22)6-4-11)7-17(20(23,24)25)31(18)28-15/h3-9H,10H2,1-2H3. The topological polar surface area (TPSA) is 68.3 Å². The summed E-state index contributed by atoms with van der Waals surface area (Å²) in [6, 6.07) is 8.41. The normalized spacial score (nSPS) is 11.8. The molecule has 0 radical (unpaired) electrons. The van der Waals surface area contributed by atoms with Crippen LogP contribution in [0.4, 0.5) is 13.2 Å². The molecule has 0 saturated carbocycles. The fraction of sp³-hybridized carbons (Fsp3) is 0.200. The molecule has 0 N–H and O–H groups in total. The number of rotatable bonds is 4. The Morgan fingerprint density at radius 3 is 2.50 bits per heavy atom. The minimum atomic E-state index is -4.71. The molecule has 4 aromatic rings. The molecule has 0 aliphatic rings. The number of alkyl halides is 3. The van der Waals surface area contributed by atoms with Gasteiger partial charge in [0.2, 0.25) is 0 Å². The van der Waals surface area contributed by atoms with Gasteiger partial charge < -0.3 is 4.90 Å². The first kappa shape index (κ1) is 22.3. The highest BCUT2D eigenvalue weighted by atomic mass is 79.9. The number of hydrogen-bond donors (Lipinski definition) is 0. The third-order valence-corrected chi connectivity index (χ3v) is 5.74. The van der Waals surface area contributed by atoms with Gasteiger partial charge in [0.25, 0.3) is 5.91 Å². The number of aromatic nitrogens is 5. The number of amides is 1. The number of halogens is 5. The summed E-state index contributed by atoms with van der Waals surface area (Å²) < 4.78 is 44.2. The SMILES string of the molecule is CN(Cc1c(Br)cnn1C)C(=O)c1cc2nc(-c3ccc(Cl)cc3)cc(C(F)(F)F)n2n1. The maximum absolute atomic E-state index is 13.8. The Morgan fingerprint density at radius 1 is 1.22 bits per heavy atom. The summed E-state index contributed by atoms with van der Waals surface area (Å²) >= 11 is 9.23. The predicted octanol–water partition coefficient (Wildman–Crippen LogP) is 4.84. The van der Waals surface area contributed by atoms with E-state index >= 15 is 0 Å².